The summed E-state index contributed by atoms with van der Waals surface area (Å²) in [5.41, 5.74) is 5.40. The van der Waals surface area contributed by atoms with E-state index in [4.69, 9.17) is 10.5 Å². The van der Waals surface area contributed by atoms with Crippen LogP contribution in [0.2, 0.25) is 0 Å². The van der Waals surface area contributed by atoms with Crippen LogP contribution in [0.5, 0.6) is 0 Å². The normalized spacial score (nSPS) is 27.7. The van der Waals surface area contributed by atoms with E-state index < -0.39 is 0 Å². The molecule has 2 N–H and O–H groups in total. The molecule has 2 aliphatic heterocycles. The molecule has 0 aliphatic carbocycles. The smallest absolute Gasteiger partial charge is 0.236 e. The lowest BCUT2D eigenvalue weighted by Crippen LogP contribution is -2.49. The molecule has 0 aromatic carbocycles. The number of ether oxygens (including phenoxy) is 1. The molecular weight excluding hydrogens is 313 g/mol. The van der Waals surface area contributed by atoms with E-state index in [1.54, 1.807) is 0 Å². The fourth-order valence-corrected chi connectivity index (χ4v) is 3.29. The van der Waals surface area contributed by atoms with E-state index in [0.717, 1.165) is 45.6 Å². The minimum absolute atomic E-state index is 0. The van der Waals surface area contributed by atoms with Crippen LogP contribution < -0.4 is 5.73 Å². The second-order valence-electron chi connectivity index (χ2n) is 6.00. The van der Waals surface area contributed by atoms with Crippen molar-refractivity contribution < 1.29 is 9.53 Å². The molecule has 2 unspecified atom stereocenters. The summed E-state index contributed by atoms with van der Waals surface area (Å²) in [5.74, 6) is 0.798. The molecule has 2 atom stereocenters. The molecular formula is C14H29Cl2N3O2. The molecule has 0 bridgehead atoms. The van der Waals surface area contributed by atoms with Crippen molar-refractivity contribution in [1.82, 2.24) is 9.80 Å². The molecule has 0 spiro atoms. The topological polar surface area (TPSA) is 58.8 Å². The zero-order valence-electron chi connectivity index (χ0n) is 13.0. The molecule has 5 nitrogen and oxygen atoms in total. The summed E-state index contributed by atoms with van der Waals surface area (Å²) in [6, 6.07) is 0. The Hall–Kier alpha value is -0.0700. The summed E-state index contributed by atoms with van der Waals surface area (Å²) in [7, 11) is 0. The van der Waals surface area contributed by atoms with Gasteiger partial charge in [0.15, 0.2) is 0 Å². The number of halogens is 2. The van der Waals surface area contributed by atoms with Gasteiger partial charge in [-0.25, -0.2) is 0 Å². The lowest BCUT2D eigenvalue weighted by molar-refractivity contribution is -0.131. The number of likely N-dealkylation sites (tertiary alicyclic amines) is 1. The van der Waals surface area contributed by atoms with Gasteiger partial charge in [0.05, 0.1) is 18.8 Å². The van der Waals surface area contributed by atoms with Crippen LogP contribution in [0.1, 0.15) is 26.7 Å². The Kier molecular flexibility index (Phi) is 9.81. The van der Waals surface area contributed by atoms with E-state index in [2.05, 4.69) is 18.7 Å². The van der Waals surface area contributed by atoms with Crippen LogP contribution in [-0.4, -0.2) is 67.2 Å². The Bertz CT molecular complexity index is 303. The molecule has 7 heteroatoms. The number of amides is 1. The van der Waals surface area contributed by atoms with Crippen LogP contribution in [0.4, 0.5) is 0 Å². The average Bonchev–Trinajstić information content (AvgIpc) is 2.37. The standard InChI is InChI=1S/C14H27N3O2.2ClH/c1-11-8-16(9-12(2)19-11)10-13-3-5-17(6-4-13)14(18)7-15;;/h11-13H,3-10,15H2,1-2H3;2*1H. The molecule has 2 aliphatic rings. The predicted molar refractivity (Wildman–Crippen MR) is 89.3 cm³/mol. The molecule has 0 aromatic rings. The van der Waals surface area contributed by atoms with E-state index in [1.807, 2.05) is 4.90 Å². The third-order valence-electron chi connectivity index (χ3n) is 4.15. The highest BCUT2D eigenvalue weighted by molar-refractivity contribution is 5.85. The minimum Gasteiger partial charge on any atom is -0.373 e. The van der Waals surface area contributed by atoms with Gasteiger partial charge in [-0.1, -0.05) is 0 Å². The number of piperidine rings is 1. The van der Waals surface area contributed by atoms with Crippen molar-refractivity contribution in [2.24, 2.45) is 11.7 Å². The summed E-state index contributed by atoms with van der Waals surface area (Å²) in [6.07, 6.45) is 2.88. The molecule has 1 amide bonds. The fraction of sp³-hybridized carbons (Fsp3) is 0.929. The lowest BCUT2D eigenvalue weighted by atomic mass is 9.95. The number of carbonyl (C=O) groups is 1. The quantitative estimate of drug-likeness (QED) is 0.836. The van der Waals surface area contributed by atoms with Crippen molar-refractivity contribution in [3.05, 3.63) is 0 Å². The summed E-state index contributed by atoms with van der Waals surface area (Å²) >= 11 is 0. The van der Waals surface area contributed by atoms with Crippen LogP contribution in [0.25, 0.3) is 0 Å². The van der Waals surface area contributed by atoms with E-state index >= 15 is 0 Å². The van der Waals surface area contributed by atoms with Crippen molar-refractivity contribution in [1.29, 1.82) is 0 Å². The molecule has 2 rings (SSSR count). The highest BCUT2D eigenvalue weighted by Gasteiger charge is 2.27. The highest BCUT2D eigenvalue weighted by atomic mass is 35.5. The van der Waals surface area contributed by atoms with Gasteiger partial charge in [-0.15, -0.1) is 24.8 Å². The van der Waals surface area contributed by atoms with Crippen molar-refractivity contribution in [3.63, 3.8) is 0 Å². The van der Waals surface area contributed by atoms with Gasteiger partial charge in [-0.2, -0.15) is 0 Å². The van der Waals surface area contributed by atoms with Gasteiger partial charge in [0.1, 0.15) is 0 Å². The average molecular weight is 342 g/mol. The maximum Gasteiger partial charge on any atom is 0.236 e. The number of rotatable bonds is 3. The van der Waals surface area contributed by atoms with Crippen LogP contribution in [0.3, 0.4) is 0 Å². The van der Waals surface area contributed by atoms with Gasteiger partial charge in [0, 0.05) is 32.7 Å². The molecule has 2 fully saturated rings. The number of nitrogens with zero attached hydrogens (tertiary/aromatic N) is 2. The molecule has 0 aromatic heterocycles. The van der Waals surface area contributed by atoms with Crippen LogP contribution >= 0.6 is 24.8 Å². The summed E-state index contributed by atoms with van der Waals surface area (Å²) < 4.78 is 5.76. The second-order valence-corrected chi connectivity index (χ2v) is 6.00. The summed E-state index contributed by atoms with van der Waals surface area (Å²) in [4.78, 5) is 15.9. The van der Waals surface area contributed by atoms with Crippen molar-refractivity contribution >= 4 is 30.7 Å². The minimum atomic E-state index is 0. The Morgan fingerprint density at radius 3 is 2.14 bits per heavy atom. The van der Waals surface area contributed by atoms with Crippen molar-refractivity contribution in [3.8, 4) is 0 Å². The van der Waals surface area contributed by atoms with Gasteiger partial charge < -0.3 is 15.4 Å². The predicted octanol–water partition coefficient (Wildman–Crippen LogP) is 1.14. The molecule has 2 heterocycles. The number of carbonyl (C=O) groups excluding carboxylic acids is 1. The van der Waals surface area contributed by atoms with E-state index in [0.29, 0.717) is 18.1 Å². The van der Waals surface area contributed by atoms with Gasteiger partial charge in [0.2, 0.25) is 5.91 Å². The molecule has 126 valence electrons. The van der Waals surface area contributed by atoms with E-state index in [1.165, 1.54) is 0 Å². The van der Waals surface area contributed by atoms with Gasteiger partial charge in [0.25, 0.3) is 0 Å². The van der Waals surface area contributed by atoms with E-state index in [-0.39, 0.29) is 37.3 Å². The molecule has 0 radical (unpaired) electrons. The first-order valence-corrected chi connectivity index (χ1v) is 7.44. The Labute approximate surface area is 140 Å². The number of hydrogen-bond acceptors (Lipinski definition) is 4. The van der Waals surface area contributed by atoms with Crippen LogP contribution in [-0.2, 0) is 9.53 Å². The SMILES string of the molecule is CC1CN(CC2CCN(C(=O)CN)CC2)CC(C)O1.Cl.Cl. The molecule has 2 saturated heterocycles. The number of morpholine rings is 1. The highest BCUT2D eigenvalue weighted by Crippen LogP contribution is 2.20. The number of hydrogen-bond donors (Lipinski definition) is 1. The first-order valence-electron chi connectivity index (χ1n) is 7.44. The summed E-state index contributed by atoms with van der Waals surface area (Å²) in [5, 5.41) is 0. The Morgan fingerprint density at radius 1 is 1.14 bits per heavy atom. The number of nitrogens with two attached hydrogens (primary N) is 1. The third kappa shape index (κ3) is 6.28. The zero-order valence-corrected chi connectivity index (χ0v) is 14.6. The summed E-state index contributed by atoms with van der Waals surface area (Å²) in [6.45, 7) is 9.38. The first kappa shape index (κ1) is 20.9. The van der Waals surface area contributed by atoms with Crippen molar-refractivity contribution in [2.45, 2.75) is 38.9 Å². The largest absolute Gasteiger partial charge is 0.373 e. The van der Waals surface area contributed by atoms with Gasteiger partial charge >= 0.3 is 0 Å². The zero-order chi connectivity index (χ0) is 13.8. The monoisotopic (exact) mass is 341 g/mol. The third-order valence-corrected chi connectivity index (χ3v) is 4.15. The molecule has 21 heavy (non-hydrogen) atoms. The molecule has 0 saturated carbocycles. The first-order chi connectivity index (χ1) is 9.08. The van der Waals surface area contributed by atoms with E-state index in [9.17, 15) is 4.79 Å². The van der Waals surface area contributed by atoms with Gasteiger partial charge in [-0.05, 0) is 32.6 Å². The fourth-order valence-electron chi connectivity index (χ4n) is 3.29. The maximum atomic E-state index is 11.5. The van der Waals surface area contributed by atoms with Gasteiger partial charge in [-0.3, -0.25) is 9.69 Å². The van der Waals surface area contributed by atoms with Crippen LogP contribution in [0.15, 0.2) is 0 Å². The van der Waals surface area contributed by atoms with Crippen molar-refractivity contribution in [2.75, 3.05) is 39.3 Å². The Morgan fingerprint density at radius 2 is 1.67 bits per heavy atom. The van der Waals surface area contributed by atoms with Crippen LogP contribution in [0, 0.1) is 5.92 Å². The Balaban J connectivity index is 0.00000200. The lowest BCUT2D eigenvalue weighted by Gasteiger charge is -2.39. The second kappa shape index (κ2) is 9.85. The maximum absolute atomic E-state index is 11.5.